The van der Waals surface area contributed by atoms with Crippen molar-refractivity contribution in [2.45, 2.75) is 6.18 Å². The van der Waals surface area contributed by atoms with E-state index in [1.165, 1.54) is 48.7 Å². The summed E-state index contributed by atoms with van der Waals surface area (Å²) in [7, 11) is 0. The number of carbonyl (C=O) groups excluding carboxylic acids is 1. The molecule has 2 N–H and O–H groups in total. The Morgan fingerprint density at radius 2 is 1.67 bits per heavy atom. The van der Waals surface area contributed by atoms with Crippen LogP contribution in [0.15, 0.2) is 66.9 Å². The summed E-state index contributed by atoms with van der Waals surface area (Å²) in [5.41, 5.74) is -0.241. The standard InChI is InChI=1S/C19H13F4N3O/c20-15-6-1-2-7-16(15)26-18(27)17-11-14(8-9-24-17)25-13-5-3-4-12(10-13)19(21,22)23/h1-11H,(H,24,25)(H,26,27). The van der Waals surface area contributed by atoms with Crippen LogP contribution in [0.1, 0.15) is 16.1 Å². The zero-order chi connectivity index (χ0) is 19.4. The molecule has 0 bridgehead atoms. The maximum absolute atomic E-state index is 13.6. The first kappa shape index (κ1) is 18.4. The zero-order valence-electron chi connectivity index (χ0n) is 13.7. The molecule has 0 unspecified atom stereocenters. The van der Waals surface area contributed by atoms with Gasteiger partial charge in [-0.1, -0.05) is 18.2 Å². The molecule has 0 saturated heterocycles. The molecule has 0 radical (unpaired) electrons. The van der Waals surface area contributed by atoms with E-state index in [1.807, 2.05) is 0 Å². The van der Waals surface area contributed by atoms with Crippen molar-refractivity contribution in [2.24, 2.45) is 0 Å². The van der Waals surface area contributed by atoms with Crippen LogP contribution in [0, 0.1) is 5.82 Å². The molecule has 8 heteroatoms. The number of alkyl halides is 3. The minimum Gasteiger partial charge on any atom is -0.355 e. The first-order chi connectivity index (χ1) is 12.8. The highest BCUT2D eigenvalue weighted by Crippen LogP contribution is 2.31. The number of para-hydroxylation sites is 1. The number of benzene rings is 2. The van der Waals surface area contributed by atoms with Crippen LogP contribution in [-0.4, -0.2) is 10.9 Å². The second kappa shape index (κ2) is 7.45. The lowest BCUT2D eigenvalue weighted by Gasteiger charge is -2.11. The van der Waals surface area contributed by atoms with Crippen molar-refractivity contribution in [2.75, 3.05) is 10.6 Å². The van der Waals surface area contributed by atoms with Crippen molar-refractivity contribution in [3.63, 3.8) is 0 Å². The molecular formula is C19H13F4N3O. The Morgan fingerprint density at radius 3 is 2.41 bits per heavy atom. The van der Waals surface area contributed by atoms with Crippen LogP contribution in [0.3, 0.4) is 0 Å². The number of anilines is 3. The number of aromatic nitrogens is 1. The lowest BCUT2D eigenvalue weighted by atomic mass is 10.2. The number of amides is 1. The van der Waals surface area contributed by atoms with E-state index in [0.717, 1.165) is 12.1 Å². The van der Waals surface area contributed by atoms with Gasteiger partial charge in [-0.2, -0.15) is 13.2 Å². The van der Waals surface area contributed by atoms with Crippen LogP contribution < -0.4 is 10.6 Å². The van der Waals surface area contributed by atoms with Gasteiger partial charge in [-0.15, -0.1) is 0 Å². The van der Waals surface area contributed by atoms with Gasteiger partial charge in [0, 0.05) is 17.6 Å². The third-order valence-corrected chi connectivity index (χ3v) is 3.59. The van der Waals surface area contributed by atoms with Crippen LogP contribution in [0.2, 0.25) is 0 Å². The SMILES string of the molecule is O=C(Nc1ccccc1F)c1cc(Nc2cccc(C(F)(F)F)c2)ccn1. The maximum atomic E-state index is 13.6. The number of nitrogens with zero attached hydrogens (tertiary/aromatic N) is 1. The summed E-state index contributed by atoms with van der Waals surface area (Å²) in [6.07, 6.45) is -3.13. The third kappa shape index (κ3) is 4.60. The fourth-order valence-corrected chi connectivity index (χ4v) is 2.32. The Balaban J connectivity index is 1.78. The summed E-state index contributed by atoms with van der Waals surface area (Å²) in [5.74, 6) is -1.24. The number of rotatable bonds is 4. The second-order valence-electron chi connectivity index (χ2n) is 5.57. The number of pyridine rings is 1. The molecule has 2 aromatic carbocycles. The highest BCUT2D eigenvalue weighted by Gasteiger charge is 2.30. The van der Waals surface area contributed by atoms with E-state index in [9.17, 15) is 22.4 Å². The molecule has 0 atom stereocenters. The van der Waals surface area contributed by atoms with Gasteiger partial charge in [0.05, 0.1) is 11.3 Å². The fraction of sp³-hybridized carbons (Fsp3) is 0.0526. The number of hydrogen-bond donors (Lipinski definition) is 2. The Labute approximate surface area is 151 Å². The lowest BCUT2D eigenvalue weighted by molar-refractivity contribution is -0.137. The Bertz CT molecular complexity index is 973. The highest BCUT2D eigenvalue weighted by atomic mass is 19.4. The zero-order valence-corrected chi connectivity index (χ0v) is 13.7. The molecule has 0 fully saturated rings. The van der Waals surface area contributed by atoms with Gasteiger partial charge in [0.15, 0.2) is 0 Å². The molecule has 138 valence electrons. The van der Waals surface area contributed by atoms with Crippen LogP contribution in [0.4, 0.5) is 34.6 Å². The molecule has 1 aromatic heterocycles. The number of carbonyl (C=O) groups is 1. The van der Waals surface area contributed by atoms with Crippen LogP contribution in [0.5, 0.6) is 0 Å². The van der Waals surface area contributed by atoms with Gasteiger partial charge < -0.3 is 10.6 Å². The molecule has 0 aliphatic rings. The average Bonchev–Trinajstić information content (AvgIpc) is 2.63. The van der Waals surface area contributed by atoms with E-state index in [0.29, 0.717) is 5.69 Å². The quantitative estimate of drug-likeness (QED) is 0.614. The molecular weight excluding hydrogens is 362 g/mol. The van der Waals surface area contributed by atoms with Gasteiger partial charge in [-0.25, -0.2) is 4.39 Å². The summed E-state index contributed by atoms with van der Waals surface area (Å²) in [6, 6.07) is 13.2. The first-order valence-corrected chi connectivity index (χ1v) is 7.79. The van der Waals surface area contributed by atoms with E-state index >= 15 is 0 Å². The molecule has 1 amide bonds. The van der Waals surface area contributed by atoms with Gasteiger partial charge in [-0.05, 0) is 42.5 Å². The van der Waals surface area contributed by atoms with E-state index in [2.05, 4.69) is 15.6 Å². The van der Waals surface area contributed by atoms with Crippen molar-refractivity contribution in [1.29, 1.82) is 0 Å². The summed E-state index contributed by atoms with van der Waals surface area (Å²) in [6.45, 7) is 0. The highest BCUT2D eigenvalue weighted by molar-refractivity contribution is 6.03. The Kier molecular flexibility index (Phi) is 5.07. The molecule has 27 heavy (non-hydrogen) atoms. The van der Waals surface area contributed by atoms with Crippen LogP contribution >= 0.6 is 0 Å². The predicted molar refractivity (Wildman–Crippen MR) is 93.3 cm³/mol. The fourth-order valence-electron chi connectivity index (χ4n) is 2.32. The molecule has 3 aromatic rings. The van der Waals surface area contributed by atoms with Crippen molar-refractivity contribution in [1.82, 2.24) is 4.98 Å². The Hall–Kier alpha value is -3.42. The molecule has 0 aliphatic carbocycles. The average molecular weight is 375 g/mol. The van der Waals surface area contributed by atoms with Gasteiger partial charge in [-0.3, -0.25) is 9.78 Å². The van der Waals surface area contributed by atoms with Gasteiger partial charge in [0.1, 0.15) is 11.5 Å². The molecule has 0 saturated carbocycles. The van der Waals surface area contributed by atoms with Crippen molar-refractivity contribution in [3.8, 4) is 0 Å². The lowest BCUT2D eigenvalue weighted by Crippen LogP contribution is -2.14. The van der Waals surface area contributed by atoms with Gasteiger partial charge in [0.2, 0.25) is 0 Å². The molecule has 0 aliphatic heterocycles. The largest absolute Gasteiger partial charge is 0.416 e. The second-order valence-corrected chi connectivity index (χ2v) is 5.57. The molecule has 4 nitrogen and oxygen atoms in total. The summed E-state index contributed by atoms with van der Waals surface area (Å²) < 4.78 is 52.0. The van der Waals surface area contributed by atoms with E-state index in [-0.39, 0.29) is 17.1 Å². The monoisotopic (exact) mass is 375 g/mol. The molecule has 0 spiro atoms. The topological polar surface area (TPSA) is 54.0 Å². The Morgan fingerprint density at radius 1 is 0.926 bits per heavy atom. The van der Waals surface area contributed by atoms with E-state index in [4.69, 9.17) is 0 Å². The van der Waals surface area contributed by atoms with Crippen molar-refractivity contribution >= 4 is 23.0 Å². The first-order valence-electron chi connectivity index (χ1n) is 7.79. The minimum atomic E-state index is -4.46. The summed E-state index contributed by atoms with van der Waals surface area (Å²) in [5, 5.41) is 5.19. The number of hydrogen-bond acceptors (Lipinski definition) is 3. The van der Waals surface area contributed by atoms with Crippen molar-refractivity contribution in [3.05, 3.63) is 83.9 Å². The maximum Gasteiger partial charge on any atom is 0.416 e. The van der Waals surface area contributed by atoms with Gasteiger partial charge in [0.25, 0.3) is 5.91 Å². The van der Waals surface area contributed by atoms with Gasteiger partial charge >= 0.3 is 6.18 Å². The normalized spacial score (nSPS) is 11.1. The van der Waals surface area contributed by atoms with Crippen LogP contribution in [-0.2, 0) is 6.18 Å². The summed E-state index contributed by atoms with van der Waals surface area (Å²) >= 11 is 0. The third-order valence-electron chi connectivity index (χ3n) is 3.59. The van der Waals surface area contributed by atoms with Crippen LogP contribution in [0.25, 0.3) is 0 Å². The number of halogens is 4. The smallest absolute Gasteiger partial charge is 0.355 e. The van der Waals surface area contributed by atoms with Crippen molar-refractivity contribution < 1.29 is 22.4 Å². The minimum absolute atomic E-state index is 0.000501. The predicted octanol–water partition coefficient (Wildman–Crippen LogP) is 5.24. The molecule has 3 rings (SSSR count). The molecule has 1 heterocycles. The number of nitrogens with one attached hydrogen (secondary N) is 2. The van der Waals surface area contributed by atoms with E-state index < -0.39 is 23.5 Å². The van der Waals surface area contributed by atoms with E-state index in [1.54, 1.807) is 6.07 Å². The summed E-state index contributed by atoms with van der Waals surface area (Å²) in [4.78, 5) is 16.1.